The van der Waals surface area contributed by atoms with Crippen LogP contribution in [-0.2, 0) is 11.2 Å². The molecule has 1 atom stereocenters. The van der Waals surface area contributed by atoms with Gasteiger partial charge in [0.2, 0.25) is 0 Å². The minimum atomic E-state index is -0.899. The van der Waals surface area contributed by atoms with Gasteiger partial charge in [-0.2, -0.15) is 0 Å². The number of carbonyl (C=O) groups excluding carboxylic acids is 1. The van der Waals surface area contributed by atoms with Gasteiger partial charge in [-0.1, -0.05) is 122 Å². The molecule has 33 heavy (non-hydrogen) atoms. The molecule has 0 fully saturated rings. The molecule has 2 nitrogen and oxygen atoms in total. The number of carbonyl (C=O) groups is 1. The lowest BCUT2D eigenvalue weighted by atomic mass is 10.1. The van der Waals surface area contributed by atoms with E-state index >= 15 is 0 Å². The molecular weight excluding hydrogens is 423 g/mol. The molecule has 0 aromatic heterocycles. The second-order valence-corrected chi connectivity index (χ2v) is 9.91. The van der Waals surface area contributed by atoms with Gasteiger partial charge in [0.15, 0.2) is 0 Å². The van der Waals surface area contributed by atoms with Crippen LogP contribution in [0.4, 0.5) is 0 Å². The Hall–Kier alpha value is -3.48. The van der Waals surface area contributed by atoms with Crippen LogP contribution in [0.25, 0.3) is 0 Å². The normalized spacial score (nSPS) is 11.7. The van der Waals surface area contributed by atoms with Gasteiger partial charge in [0.1, 0.15) is 6.10 Å². The average molecular weight is 451 g/mol. The van der Waals surface area contributed by atoms with E-state index in [2.05, 4.69) is 49.0 Å². The highest BCUT2D eigenvalue weighted by Gasteiger charge is 2.24. The van der Waals surface area contributed by atoms with Gasteiger partial charge in [-0.05, 0) is 48.3 Å². The Morgan fingerprint density at radius 3 is 1.85 bits per heavy atom. The Labute approximate surface area is 197 Å². The number of hydrogen-bond donors (Lipinski definition) is 0. The first-order valence-corrected chi connectivity index (χ1v) is 12.5. The standard InChI is InChI=1S/C30H27O2P/c1-2-25(23-22-24-14-6-3-7-15-24)32-30(31)28-20-12-13-21-29(28)33(26-16-8-4-9-17-26)27-18-10-5-11-19-27/h2-21,25H,1,22-23H2. The van der Waals surface area contributed by atoms with E-state index in [1.54, 1.807) is 6.08 Å². The molecule has 3 heteroatoms. The van der Waals surface area contributed by atoms with Crippen LogP contribution < -0.4 is 15.9 Å². The van der Waals surface area contributed by atoms with Crippen LogP contribution in [-0.4, -0.2) is 12.1 Å². The second kappa shape index (κ2) is 11.4. The molecule has 0 aliphatic heterocycles. The smallest absolute Gasteiger partial charge is 0.339 e. The summed E-state index contributed by atoms with van der Waals surface area (Å²) in [6, 6.07) is 38.8. The van der Waals surface area contributed by atoms with Crippen molar-refractivity contribution < 1.29 is 9.53 Å². The zero-order valence-electron chi connectivity index (χ0n) is 18.5. The third kappa shape index (κ3) is 5.86. The highest BCUT2D eigenvalue weighted by Crippen LogP contribution is 2.34. The third-order valence-electron chi connectivity index (χ3n) is 5.48. The Bertz CT molecular complexity index is 1130. The lowest BCUT2D eigenvalue weighted by Crippen LogP contribution is -2.27. The van der Waals surface area contributed by atoms with Gasteiger partial charge in [0.05, 0.1) is 5.56 Å². The Balaban J connectivity index is 1.61. The minimum Gasteiger partial charge on any atom is -0.455 e. The summed E-state index contributed by atoms with van der Waals surface area (Å²) < 4.78 is 5.92. The molecule has 1 unspecified atom stereocenters. The van der Waals surface area contributed by atoms with Gasteiger partial charge in [-0.15, -0.1) is 0 Å². The largest absolute Gasteiger partial charge is 0.455 e. The van der Waals surface area contributed by atoms with Gasteiger partial charge in [-0.25, -0.2) is 4.79 Å². The zero-order chi connectivity index (χ0) is 22.9. The quantitative estimate of drug-likeness (QED) is 0.183. The van der Waals surface area contributed by atoms with Crippen molar-refractivity contribution >= 4 is 29.8 Å². The Kier molecular flexibility index (Phi) is 7.85. The lowest BCUT2D eigenvalue weighted by molar-refractivity contribution is 0.0383. The van der Waals surface area contributed by atoms with E-state index in [4.69, 9.17) is 4.74 Å². The van der Waals surface area contributed by atoms with Crippen molar-refractivity contribution in [2.24, 2.45) is 0 Å². The van der Waals surface area contributed by atoms with E-state index < -0.39 is 7.92 Å². The second-order valence-electron chi connectivity index (χ2n) is 7.73. The van der Waals surface area contributed by atoms with Crippen LogP contribution in [0.1, 0.15) is 22.3 Å². The van der Waals surface area contributed by atoms with Gasteiger partial charge in [0.25, 0.3) is 0 Å². The summed E-state index contributed by atoms with van der Waals surface area (Å²) in [6.45, 7) is 3.90. The van der Waals surface area contributed by atoms with Crippen LogP contribution in [0.3, 0.4) is 0 Å². The molecule has 4 rings (SSSR count). The highest BCUT2D eigenvalue weighted by atomic mass is 31.1. The molecule has 0 saturated heterocycles. The minimum absolute atomic E-state index is 0.303. The summed E-state index contributed by atoms with van der Waals surface area (Å²) in [4.78, 5) is 13.4. The Morgan fingerprint density at radius 1 is 0.758 bits per heavy atom. The number of rotatable bonds is 9. The van der Waals surface area contributed by atoms with Crippen molar-refractivity contribution in [2.75, 3.05) is 0 Å². The van der Waals surface area contributed by atoms with E-state index in [0.29, 0.717) is 12.0 Å². The first kappa shape index (κ1) is 22.7. The molecule has 0 saturated carbocycles. The number of hydrogen-bond acceptors (Lipinski definition) is 2. The molecule has 0 heterocycles. The van der Waals surface area contributed by atoms with E-state index in [9.17, 15) is 4.79 Å². The number of esters is 1. The fourth-order valence-corrected chi connectivity index (χ4v) is 6.24. The predicted octanol–water partition coefficient (Wildman–Crippen LogP) is 5.79. The molecule has 164 valence electrons. The number of benzene rings is 4. The summed E-state index contributed by atoms with van der Waals surface area (Å²) in [5.41, 5.74) is 1.83. The lowest BCUT2D eigenvalue weighted by Gasteiger charge is -2.22. The molecule has 0 bridgehead atoms. The van der Waals surface area contributed by atoms with Crippen molar-refractivity contribution in [1.82, 2.24) is 0 Å². The summed E-state index contributed by atoms with van der Waals surface area (Å²) in [7, 11) is -0.899. The molecule has 0 aliphatic carbocycles. The average Bonchev–Trinajstić information content (AvgIpc) is 2.89. The molecule has 0 spiro atoms. The molecule has 0 aliphatic rings. The zero-order valence-corrected chi connectivity index (χ0v) is 19.4. The molecule has 0 amide bonds. The molecule has 0 radical (unpaired) electrons. The summed E-state index contributed by atoms with van der Waals surface area (Å²) in [5, 5.41) is 3.40. The van der Waals surface area contributed by atoms with Gasteiger partial charge < -0.3 is 4.74 Å². The van der Waals surface area contributed by atoms with Crippen LogP contribution >= 0.6 is 7.92 Å². The molecule has 4 aromatic carbocycles. The van der Waals surface area contributed by atoms with Crippen molar-refractivity contribution in [2.45, 2.75) is 18.9 Å². The van der Waals surface area contributed by atoms with Crippen LogP contribution in [0.15, 0.2) is 128 Å². The first-order chi connectivity index (χ1) is 16.3. The van der Waals surface area contributed by atoms with Crippen molar-refractivity contribution in [3.63, 3.8) is 0 Å². The SMILES string of the molecule is C=CC(CCc1ccccc1)OC(=O)c1ccccc1P(c1ccccc1)c1ccccc1. The Morgan fingerprint density at radius 2 is 1.27 bits per heavy atom. The number of ether oxygens (including phenoxy) is 1. The van der Waals surface area contributed by atoms with E-state index in [1.807, 2.05) is 72.8 Å². The molecular formula is C30H27O2P. The third-order valence-corrected chi connectivity index (χ3v) is 7.98. The van der Waals surface area contributed by atoms with Crippen LogP contribution in [0, 0.1) is 0 Å². The monoisotopic (exact) mass is 450 g/mol. The summed E-state index contributed by atoms with van der Waals surface area (Å²) >= 11 is 0. The summed E-state index contributed by atoms with van der Waals surface area (Å²) in [5.74, 6) is -0.303. The van der Waals surface area contributed by atoms with Crippen molar-refractivity contribution in [3.05, 3.63) is 139 Å². The fourth-order valence-electron chi connectivity index (χ4n) is 3.80. The van der Waals surface area contributed by atoms with E-state index in [0.717, 1.165) is 11.7 Å². The van der Waals surface area contributed by atoms with Gasteiger partial charge >= 0.3 is 5.97 Å². The first-order valence-electron chi connectivity index (χ1n) is 11.1. The fraction of sp³-hybridized carbons (Fsp3) is 0.100. The van der Waals surface area contributed by atoms with Crippen LogP contribution in [0.5, 0.6) is 0 Å². The van der Waals surface area contributed by atoms with E-state index in [-0.39, 0.29) is 12.1 Å². The maximum Gasteiger partial charge on any atom is 0.339 e. The maximum atomic E-state index is 13.4. The summed E-state index contributed by atoms with van der Waals surface area (Å²) in [6.07, 6.45) is 2.91. The van der Waals surface area contributed by atoms with E-state index in [1.165, 1.54) is 16.2 Å². The van der Waals surface area contributed by atoms with Crippen molar-refractivity contribution in [3.8, 4) is 0 Å². The molecule has 4 aromatic rings. The van der Waals surface area contributed by atoms with Gasteiger partial charge in [0, 0.05) is 0 Å². The molecule has 0 N–H and O–H groups in total. The number of aryl methyl sites for hydroxylation is 1. The van der Waals surface area contributed by atoms with Crippen molar-refractivity contribution in [1.29, 1.82) is 0 Å². The van der Waals surface area contributed by atoms with Gasteiger partial charge in [-0.3, -0.25) is 0 Å². The maximum absolute atomic E-state index is 13.4. The topological polar surface area (TPSA) is 26.3 Å². The highest BCUT2D eigenvalue weighted by molar-refractivity contribution is 7.80. The van der Waals surface area contributed by atoms with Crippen LogP contribution in [0.2, 0.25) is 0 Å². The predicted molar refractivity (Wildman–Crippen MR) is 139 cm³/mol.